The van der Waals surface area contributed by atoms with E-state index in [2.05, 4.69) is 261 Å². The Kier molecular flexibility index (Phi) is 13.9. The molecule has 0 saturated carbocycles. The highest BCUT2D eigenvalue weighted by Crippen LogP contribution is 2.51. The first-order valence-corrected chi connectivity index (χ1v) is 36.6. The number of rotatable bonds is 11. The van der Waals surface area contributed by atoms with Crippen LogP contribution in [0.1, 0.15) is 0 Å². The van der Waals surface area contributed by atoms with Gasteiger partial charge in [0.15, 0.2) is 34.9 Å². The van der Waals surface area contributed by atoms with Crippen molar-refractivity contribution < 1.29 is 0 Å². The molecule has 0 atom stereocenters. The average molecular weight is 1350 g/mol. The molecule has 0 fully saturated rings. The molecule has 20 rings (SSSR count). The molecule has 466 valence electrons. The summed E-state index contributed by atoms with van der Waals surface area (Å²) >= 11 is 7.40. The molecular formula is C90H52N6S4. The van der Waals surface area contributed by atoms with Crippen molar-refractivity contribution in [1.82, 2.24) is 29.9 Å². The first-order chi connectivity index (χ1) is 49.5. The molecule has 20 aromatic rings. The number of aromatic nitrogens is 6. The quantitative estimate of drug-likeness (QED) is 0.128. The van der Waals surface area contributed by atoms with E-state index in [1.807, 2.05) is 99.9 Å². The van der Waals surface area contributed by atoms with Crippen LogP contribution >= 0.6 is 45.3 Å². The molecule has 6 nitrogen and oxygen atoms in total. The van der Waals surface area contributed by atoms with Crippen LogP contribution in [0.3, 0.4) is 0 Å². The Bertz CT molecular complexity index is 6580. The van der Waals surface area contributed by atoms with E-state index in [0.717, 1.165) is 44.5 Å². The van der Waals surface area contributed by atoms with Crippen molar-refractivity contribution in [1.29, 1.82) is 0 Å². The molecule has 0 spiro atoms. The van der Waals surface area contributed by atoms with Gasteiger partial charge in [-0.15, -0.1) is 45.3 Å². The number of thiophene rings is 4. The third-order valence-corrected chi connectivity index (χ3v) is 23.9. The molecule has 0 aliphatic carbocycles. The van der Waals surface area contributed by atoms with Gasteiger partial charge in [0, 0.05) is 125 Å². The highest BCUT2D eigenvalue weighted by atomic mass is 32.1. The van der Waals surface area contributed by atoms with Crippen molar-refractivity contribution in [2.24, 2.45) is 0 Å². The fourth-order valence-corrected chi connectivity index (χ4v) is 19.4. The lowest BCUT2D eigenvalue weighted by atomic mass is 9.93. The first kappa shape index (κ1) is 58.2. The Morgan fingerprint density at radius 1 is 0.160 bits per heavy atom. The number of hydrogen-bond acceptors (Lipinski definition) is 10. The normalized spacial score (nSPS) is 11.8. The molecule has 14 aromatic carbocycles. The van der Waals surface area contributed by atoms with Gasteiger partial charge in [0.25, 0.3) is 0 Å². The maximum atomic E-state index is 5.37. The van der Waals surface area contributed by atoms with Gasteiger partial charge < -0.3 is 0 Å². The molecule has 0 unspecified atom stereocenters. The van der Waals surface area contributed by atoms with Crippen LogP contribution in [-0.4, -0.2) is 29.9 Å². The lowest BCUT2D eigenvalue weighted by Crippen LogP contribution is -2.00. The van der Waals surface area contributed by atoms with Crippen molar-refractivity contribution in [2.75, 3.05) is 0 Å². The fraction of sp³-hybridized carbons (Fsp3) is 0. The zero-order valence-electron chi connectivity index (χ0n) is 53.3. The molecule has 0 radical (unpaired) electrons. The van der Waals surface area contributed by atoms with Crippen LogP contribution in [0.15, 0.2) is 315 Å². The number of fused-ring (bicyclic) bond motifs is 12. The second kappa shape index (κ2) is 23.9. The number of hydrogen-bond donors (Lipinski definition) is 0. The summed E-state index contributed by atoms with van der Waals surface area (Å²) in [5.41, 5.74) is 17.5. The molecule has 10 heteroatoms. The lowest BCUT2D eigenvalue weighted by Gasteiger charge is -2.11. The van der Waals surface area contributed by atoms with Crippen LogP contribution in [0.5, 0.6) is 0 Å². The highest BCUT2D eigenvalue weighted by Gasteiger charge is 2.23. The van der Waals surface area contributed by atoms with E-state index in [-0.39, 0.29) is 0 Å². The third kappa shape index (κ3) is 10.0. The van der Waals surface area contributed by atoms with E-state index in [1.54, 1.807) is 0 Å². The lowest BCUT2D eigenvalue weighted by molar-refractivity contribution is 1.07. The van der Waals surface area contributed by atoms with E-state index < -0.39 is 0 Å². The van der Waals surface area contributed by atoms with Gasteiger partial charge in [0.05, 0.1) is 0 Å². The van der Waals surface area contributed by atoms with Gasteiger partial charge >= 0.3 is 0 Å². The summed E-state index contributed by atoms with van der Waals surface area (Å²) < 4.78 is 9.90. The first-order valence-electron chi connectivity index (χ1n) is 33.3. The number of nitrogens with zero attached hydrogens (tertiary/aromatic N) is 6. The topological polar surface area (TPSA) is 77.3 Å². The average Bonchev–Trinajstić information content (AvgIpc) is 1.58. The van der Waals surface area contributed by atoms with E-state index >= 15 is 0 Å². The van der Waals surface area contributed by atoms with Gasteiger partial charge in [-0.3, -0.25) is 0 Å². The van der Waals surface area contributed by atoms with E-state index in [4.69, 9.17) is 29.9 Å². The molecule has 0 saturated heterocycles. The molecular weight excluding hydrogens is 1290 g/mol. The van der Waals surface area contributed by atoms with Gasteiger partial charge in [-0.2, -0.15) is 0 Å². The summed E-state index contributed by atoms with van der Waals surface area (Å²) in [7, 11) is 0. The third-order valence-electron chi connectivity index (χ3n) is 19.2. The van der Waals surface area contributed by atoms with E-state index in [1.165, 1.54) is 125 Å². The smallest absolute Gasteiger partial charge is 0.164 e. The predicted molar refractivity (Wildman–Crippen MR) is 425 cm³/mol. The Morgan fingerprint density at radius 3 is 1.10 bits per heavy atom. The van der Waals surface area contributed by atoms with Crippen molar-refractivity contribution in [3.05, 3.63) is 315 Å². The minimum absolute atomic E-state index is 0.613. The van der Waals surface area contributed by atoms with Gasteiger partial charge in [0.2, 0.25) is 0 Å². The van der Waals surface area contributed by atoms with Gasteiger partial charge in [-0.05, 0) is 87.0 Å². The van der Waals surface area contributed by atoms with Crippen LogP contribution < -0.4 is 0 Å². The molecule has 6 aromatic heterocycles. The molecule has 0 aliphatic rings. The Hall–Kier alpha value is -12.0. The van der Waals surface area contributed by atoms with Crippen LogP contribution in [0.25, 0.3) is 205 Å². The highest BCUT2D eigenvalue weighted by molar-refractivity contribution is 7.28. The standard InChI is InChI=1S/C90H52N6S4/c1-6-21-53(22-7-1)63-48-74(80-72-33-16-17-38-75(72)97-79(80)52-63)71-37-20-35-69-66-43-41-62(51-77(66)99-83(69)71)90-95-87(57-29-14-5-15-30-57)92-88(96-90)60-32-18-31-58(47-60)59-39-44-73-78(49-59)100-84-64(54-23-8-2-9-24-54)45-46-67(81(73)84)70-36-19-34-68-65-42-40-61(50-76(65)98-82(68)70)89-93-85(55-25-10-3-11-26-55)91-86(94-89)56-27-12-4-13-28-56/h1-52H. The second-order valence-corrected chi connectivity index (χ2v) is 29.4. The molecule has 0 aliphatic heterocycles. The molecule has 0 bridgehead atoms. The summed E-state index contributed by atoms with van der Waals surface area (Å²) in [4.78, 5) is 31.1. The number of benzene rings is 14. The minimum atomic E-state index is 0.613. The van der Waals surface area contributed by atoms with Crippen molar-refractivity contribution >= 4 is 126 Å². The fourth-order valence-electron chi connectivity index (χ4n) is 14.4. The molecule has 0 N–H and O–H groups in total. The maximum Gasteiger partial charge on any atom is 0.164 e. The van der Waals surface area contributed by atoms with E-state index in [9.17, 15) is 0 Å². The summed E-state index contributed by atoms with van der Waals surface area (Å²) in [6.07, 6.45) is 0. The molecule has 0 amide bonds. The van der Waals surface area contributed by atoms with Gasteiger partial charge in [0.1, 0.15) is 0 Å². The van der Waals surface area contributed by atoms with Gasteiger partial charge in [-0.1, -0.05) is 273 Å². The summed E-state index contributed by atoms with van der Waals surface area (Å²) in [5.74, 6) is 3.79. The summed E-state index contributed by atoms with van der Waals surface area (Å²) in [6.45, 7) is 0. The Morgan fingerprint density at radius 2 is 0.530 bits per heavy atom. The second-order valence-electron chi connectivity index (χ2n) is 25.2. The molecule has 6 heterocycles. The van der Waals surface area contributed by atoms with Crippen LogP contribution in [0, 0.1) is 0 Å². The van der Waals surface area contributed by atoms with E-state index in [0.29, 0.717) is 34.9 Å². The summed E-state index contributed by atoms with van der Waals surface area (Å²) in [6, 6.07) is 113. The monoisotopic (exact) mass is 1340 g/mol. The zero-order chi connectivity index (χ0) is 65.8. The Balaban J connectivity index is 0.681. The predicted octanol–water partition coefficient (Wildman–Crippen LogP) is 25.9. The van der Waals surface area contributed by atoms with Crippen molar-refractivity contribution in [2.45, 2.75) is 0 Å². The minimum Gasteiger partial charge on any atom is -0.208 e. The molecule has 100 heavy (non-hydrogen) atoms. The van der Waals surface area contributed by atoms with Crippen LogP contribution in [0.2, 0.25) is 0 Å². The Labute approximate surface area is 590 Å². The maximum absolute atomic E-state index is 5.37. The van der Waals surface area contributed by atoms with Crippen molar-refractivity contribution in [3.63, 3.8) is 0 Å². The van der Waals surface area contributed by atoms with Crippen LogP contribution in [-0.2, 0) is 0 Å². The van der Waals surface area contributed by atoms with Crippen molar-refractivity contribution in [3.8, 4) is 124 Å². The van der Waals surface area contributed by atoms with Gasteiger partial charge in [-0.25, -0.2) is 29.9 Å². The largest absolute Gasteiger partial charge is 0.208 e. The SMILES string of the molecule is c1ccc(-c2cc(-c3cccc4c3sc3cc(-c5nc(-c6ccccc6)nc(-c6cccc(-c7ccc8c(c7)sc7c(-c9ccccc9)ccc(-c9cccc%10c9sc9cc(-c%11nc(-c%12ccccc%12)nc(-c%12ccccc%12)n%11)ccc9%10)c78)c6)n5)ccc34)c3c(c2)sc2ccccc23)cc1. The zero-order valence-corrected chi connectivity index (χ0v) is 56.6. The van der Waals surface area contributed by atoms with Crippen LogP contribution in [0.4, 0.5) is 0 Å². The summed E-state index contributed by atoms with van der Waals surface area (Å²) in [5, 5.41) is 9.94.